The van der Waals surface area contributed by atoms with Gasteiger partial charge in [-0.15, -0.1) is 0 Å². The monoisotopic (exact) mass is 332 g/mol. The van der Waals surface area contributed by atoms with Crippen molar-refractivity contribution >= 4 is 11.0 Å². The van der Waals surface area contributed by atoms with Crippen LogP contribution >= 0.6 is 0 Å². The van der Waals surface area contributed by atoms with Crippen molar-refractivity contribution in [3.05, 3.63) is 52.8 Å². The quantitative estimate of drug-likeness (QED) is 0.672. The Labute approximate surface area is 148 Å². The van der Waals surface area contributed by atoms with E-state index in [0.29, 0.717) is 6.04 Å². The molecule has 0 spiro atoms. The standard InChI is InChI=1S/C21H24N4/c1-13-10-24-21-17(13)9-16(11-25-21)15-7-14-4-6-22-12-19(14)18(8-15)20-3-2-5-23-20/h7-11,20,22-23H,2-6,12H2,1H3,(H,24,25). The van der Waals surface area contributed by atoms with E-state index in [2.05, 4.69) is 45.7 Å². The van der Waals surface area contributed by atoms with Gasteiger partial charge in [0.05, 0.1) is 0 Å². The maximum atomic E-state index is 4.63. The number of hydrogen-bond acceptors (Lipinski definition) is 3. The van der Waals surface area contributed by atoms with Crippen molar-refractivity contribution in [1.82, 2.24) is 20.6 Å². The predicted octanol–water partition coefficient (Wildman–Crippen LogP) is 3.61. The van der Waals surface area contributed by atoms with Gasteiger partial charge in [0, 0.05) is 35.9 Å². The molecule has 2 aliphatic heterocycles. The van der Waals surface area contributed by atoms with E-state index in [1.165, 1.54) is 51.6 Å². The number of pyridine rings is 1. The van der Waals surface area contributed by atoms with Crippen LogP contribution in [0.3, 0.4) is 0 Å². The molecule has 2 aromatic heterocycles. The molecule has 0 saturated carbocycles. The van der Waals surface area contributed by atoms with Crippen LogP contribution in [0, 0.1) is 6.92 Å². The fraction of sp³-hybridized carbons (Fsp3) is 0.381. The molecule has 0 bridgehead atoms. The highest BCUT2D eigenvalue weighted by atomic mass is 14.9. The molecular formula is C21H24N4. The molecule has 1 saturated heterocycles. The van der Waals surface area contributed by atoms with E-state index in [4.69, 9.17) is 0 Å². The minimum absolute atomic E-state index is 0.499. The van der Waals surface area contributed by atoms with Gasteiger partial charge in [-0.3, -0.25) is 0 Å². The minimum atomic E-state index is 0.499. The van der Waals surface area contributed by atoms with Gasteiger partial charge in [0.2, 0.25) is 0 Å². The van der Waals surface area contributed by atoms with Crippen molar-refractivity contribution in [2.75, 3.05) is 13.1 Å². The second kappa shape index (κ2) is 5.97. The molecule has 0 radical (unpaired) electrons. The van der Waals surface area contributed by atoms with Crippen molar-refractivity contribution in [3.63, 3.8) is 0 Å². The van der Waals surface area contributed by atoms with Gasteiger partial charge in [0.15, 0.2) is 0 Å². The van der Waals surface area contributed by atoms with Gasteiger partial charge in [-0.1, -0.05) is 6.07 Å². The lowest BCUT2D eigenvalue weighted by Gasteiger charge is -2.25. The number of rotatable bonds is 2. The van der Waals surface area contributed by atoms with E-state index in [1.807, 2.05) is 12.4 Å². The number of fused-ring (bicyclic) bond motifs is 2. The second-order valence-corrected chi connectivity index (χ2v) is 7.37. The summed E-state index contributed by atoms with van der Waals surface area (Å²) in [7, 11) is 0. The number of hydrogen-bond donors (Lipinski definition) is 3. The Bertz CT molecular complexity index is 934. The molecular weight excluding hydrogens is 308 g/mol. The first-order valence-electron chi connectivity index (χ1n) is 9.33. The Hall–Kier alpha value is -2.17. The third-order valence-electron chi connectivity index (χ3n) is 5.76. The van der Waals surface area contributed by atoms with Gasteiger partial charge in [0.25, 0.3) is 0 Å². The van der Waals surface area contributed by atoms with E-state index in [0.717, 1.165) is 31.7 Å². The number of benzene rings is 1. The first kappa shape index (κ1) is 15.1. The van der Waals surface area contributed by atoms with Gasteiger partial charge in [0.1, 0.15) is 5.65 Å². The van der Waals surface area contributed by atoms with Gasteiger partial charge >= 0.3 is 0 Å². The van der Waals surface area contributed by atoms with Crippen LogP contribution in [0.4, 0.5) is 0 Å². The summed E-state index contributed by atoms with van der Waals surface area (Å²) in [6.45, 7) is 5.34. The second-order valence-electron chi connectivity index (χ2n) is 7.37. The fourth-order valence-electron chi connectivity index (χ4n) is 4.35. The maximum Gasteiger partial charge on any atom is 0.137 e. The van der Waals surface area contributed by atoms with Gasteiger partial charge in [-0.05, 0) is 79.2 Å². The van der Waals surface area contributed by atoms with Gasteiger partial charge < -0.3 is 15.6 Å². The van der Waals surface area contributed by atoms with E-state index in [1.54, 1.807) is 0 Å². The molecule has 2 aliphatic rings. The molecule has 5 rings (SSSR count). The van der Waals surface area contributed by atoms with E-state index >= 15 is 0 Å². The van der Waals surface area contributed by atoms with Crippen LogP contribution in [-0.2, 0) is 13.0 Å². The first-order valence-corrected chi connectivity index (χ1v) is 9.33. The molecule has 4 nitrogen and oxygen atoms in total. The number of aromatic amines is 1. The van der Waals surface area contributed by atoms with Crippen LogP contribution in [0.5, 0.6) is 0 Å². The Morgan fingerprint density at radius 2 is 2.08 bits per heavy atom. The average Bonchev–Trinajstić information content (AvgIpc) is 3.31. The zero-order valence-electron chi connectivity index (χ0n) is 14.7. The predicted molar refractivity (Wildman–Crippen MR) is 102 cm³/mol. The lowest BCUT2D eigenvalue weighted by molar-refractivity contribution is 0.599. The van der Waals surface area contributed by atoms with E-state index in [-0.39, 0.29) is 0 Å². The molecule has 3 aromatic rings. The number of aromatic nitrogens is 2. The van der Waals surface area contributed by atoms with Crippen molar-refractivity contribution in [3.8, 4) is 11.1 Å². The first-order chi connectivity index (χ1) is 12.3. The summed E-state index contributed by atoms with van der Waals surface area (Å²) in [6, 6.07) is 7.57. The summed E-state index contributed by atoms with van der Waals surface area (Å²) in [4.78, 5) is 7.88. The van der Waals surface area contributed by atoms with E-state index in [9.17, 15) is 0 Å². The third-order valence-corrected chi connectivity index (χ3v) is 5.76. The molecule has 128 valence electrons. The van der Waals surface area contributed by atoms with Crippen LogP contribution in [-0.4, -0.2) is 23.1 Å². The normalized spacial score (nSPS) is 20.1. The number of aryl methyl sites for hydroxylation is 1. The van der Waals surface area contributed by atoms with Crippen molar-refractivity contribution < 1.29 is 0 Å². The highest BCUT2D eigenvalue weighted by Gasteiger charge is 2.23. The van der Waals surface area contributed by atoms with Crippen LogP contribution in [0.2, 0.25) is 0 Å². The molecule has 1 atom stereocenters. The Morgan fingerprint density at radius 1 is 1.12 bits per heavy atom. The van der Waals surface area contributed by atoms with Gasteiger partial charge in [-0.2, -0.15) is 0 Å². The van der Waals surface area contributed by atoms with Crippen molar-refractivity contribution in [2.45, 2.75) is 38.8 Å². The molecule has 4 heterocycles. The average molecular weight is 332 g/mol. The summed E-state index contributed by atoms with van der Waals surface area (Å²) in [5.74, 6) is 0. The fourth-order valence-corrected chi connectivity index (χ4v) is 4.35. The Balaban J connectivity index is 1.66. The van der Waals surface area contributed by atoms with Crippen LogP contribution in [0.1, 0.15) is 41.1 Å². The summed E-state index contributed by atoms with van der Waals surface area (Å²) in [5, 5.41) is 8.46. The lowest BCUT2D eigenvalue weighted by atomic mass is 9.87. The summed E-state index contributed by atoms with van der Waals surface area (Å²) in [6.07, 6.45) is 7.67. The minimum Gasteiger partial charge on any atom is -0.346 e. The number of H-pyrrole nitrogens is 1. The van der Waals surface area contributed by atoms with Crippen LogP contribution in [0.15, 0.2) is 30.6 Å². The molecule has 0 aliphatic carbocycles. The van der Waals surface area contributed by atoms with Crippen LogP contribution in [0.25, 0.3) is 22.2 Å². The van der Waals surface area contributed by atoms with Crippen molar-refractivity contribution in [1.29, 1.82) is 0 Å². The molecule has 3 N–H and O–H groups in total. The maximum absolute atomic E-state index is 4.63. The molecule has 4 heteroatoms. The molecule has 1 aromatic carbocycles. The summed E-state index contributed by atoms with van der Waals surface area (Å²) >= 11 is 0. The van der Waals surface area contributed by atoms with Crippen molar-refractivity contribution in [2.24, 2.45) is 0 Å². The van der Waals surface area contributed by atoms with E-state index < -0.39 is 0 Å². The highest BCUT2D eigenvalue weighted by Crippen LogP contribution is 2.34. The summed E-state index contributed by atoms with van der Waals surface area (Å²) in [5.41, 5.74) is 9.26. The molecule has 25 heavy (non-hydrogen) atoms. The Kier molecular flexibility index (Phi) is 3.61. The zero-order valence-corrected chi connectivity index (χ0v) is 14.7. The number of nitrogens with one attached hydrogen (secondary N) is 3. The topological polar surface area (TPSA) is 52.7 Å². The number of nitrogens with zero attached hydrogens (tertiary/aromatic N) is 1. The zero-order chi connectivity index (χ0) is 16.8. The SMILES string of the molecule is Cc1c[nH]c2ncc(-c3cc4c(c(C5CCCN5)c3)CNCC4)cc12. The summed E-state index contributed by atoms with van der Waals surface area (Å²) < 4.78 is 0. The molecule has 1 unspecified atom stereocenters. The molecule has 0 amide bonds. The molecule has 1 fully saturated rings. The largest absolute Gasteiger partial charge is 0.346 e. The highest BCUT2D eigenvalue weighted by molar-refractivity contribution is 5.84. The Morgan fingerprint density at radius 3 is 2.96 bits per heavy atom. The smallest absolute Gasteiger partial charge is 0.137 e. The van der Waals surface area contributed by atoms with Gasteiger partial charge in [-0.25, -0.2) is 4.98 Å². The third kappa shape index (κ3) is 2.57. The van der Waals surface area contributed by atoms with Crippen LogP contribution < -0.4 is 10.6 Å². The lowest BCUT2D eigenvalue weighted by Crippen LogP contribution is -2.27.